The zero-order chi connectivity index (χ0) is 25.4. The summed E-state index contributed by atoms with van der Waals surface area (Å²) in [6.07, 6.45) is 5.16. The average molecular weight is 489 g/mol. The molecule has 9 heteroatoms. The molecule has 0 bridgehead atoms. The first-order chi connectivity index (χ1) is 18.0. The molecule has 0 aliphatic rings. The molecule has 0 spiro atoms. The van der Waals surface area contributed by atoms with Crippen molar-refractivity contribution in [1.82, 2.24) is 35.0 Å². The Hall–Kier alpha value is -4.89. The topological polar surface area (TPSA) is 115 Å². The van der Waals surface area contributed by atoms with Crippen LogP contribution in [-0.2, 0) is 4.79 Å². The maximum absolute atomic E-state index is 12.2. The number of pyridine rings is 3. The molecule has 3 N–H and O–H groups in total. The number of hydrogen-bond acceptors (Lipinski definition) is 6. The minimum absolute atomic E-state index is 0.103. The van der Waals surface area contributed by atoms with E-state index in [1.54, 1.807) is 18.6 Å². The summed E-state index contributed by atoms with van der Waals surface area (Å²) < 4.78 is 0. The molecule has 0 unspecified atom stereocenters. The molecule has 182 valence electrons. The Morgan fingerprint density at radius 3 is 2.73 bits per heavy atom. The van der Waals surface area contributed by atoms with Crippen molar-refractivity contribution in [1.29, 1.82) is 0 Å². The van der Waals surface area contributed by atoms with Crippen molar-refractivity contribution in [3.63, 3.8) is 0 Å². The number of benzene rings is 1. The summed E-state index contributed by atoms with van der Waals surface area (Å²) in [7, 11) is 3.70. The first-order valence-electron chi connectivity index (χ1n) is 11.8. The van der Waals surface area contributed by atoms with Crippen LogP contribution in [0.3, 0.4) is 0 Å². The molecule has 6 aromatic rings. The van der Waals surface area contributed by atoms with Gasteiger partial charge in [-0.2, -0.15) is 5.10 Å². The fourth-order valence-electron chi connectivity index (χ4n) is 4.41. The van der Waals surface area contributed by atoms with Crippen molar-refractivity contribution in [2.24, 2.45) is 0 Å². The average Bonchev–Trinajstić information content (AvgIpc) is 3.52. The van der Waals surface area contributed by atoms with E-state index >= 15 is 0 Å². The third kappa shape index (κ3) is 4.43. The van der Waals surface area contributed by atoms with Crippen molar-refractivity contribution in [2.45, 2.75) is 0 Å². The number of likely N-dealkylation sites (N-methyl/N-ethyl adjacent to an activating group) is 1. The van der Waals surface area contributed by atoms with Gasteiger partial charge >= 0.3 is 0 Å². The predicted octanol–water partition coefficient (Wildman–Crippen LogP) is 4.73. The molecule has 5 heterocycles. The van der Waals surface area contributed by atoms with Gasteiger partial charge in [-0.25, -0.2) is 4.98 Å². The summed E-state index contributed by atoms with van der Waals surface area (Å²) >= 11 is 0. The summed E-state index contributed by atoms with van der Waals surface area (Å²) in [6, 6.07) is 19.9. The molecule has 0 fully saturated rings. The molecule has 37 heavy (non-hydrogen) atoms. The quantitative estimate of drug-likeness (QED) is 0.312. The number of H-pyrrole nitrogens is 2. The fourth-order valence-corrected chi connectivity index (χ4v) is 4.41. The molecule has 0 saturated heterocycles. The van der Waals surface area contributed by atoms with E-state index in [0.717, 1.165) is 55.8 Å². The molecule has 6 rings (SSSR count). The van der Waals surface area contributed by atoms with Crippen molar-refractivity contribution in [2.75, 3.05) is 26.0 Å². The first-order valence-corrected chi connectivity index (χ1v) is 11.8. The molecular weight excluding hydrogens is 464 g/mol. The van der Waals surface area contributed by atoms with E-state index < -0.39 is 0 Å². The summed E-state index contributed by atoms with van der Waals surface area (Å²) in [5.41, 5.74) is 8.26. The highest BCUT2D eigenvalue weighted by molar-refractivity contribution is 6.00. The van der Waals surface area contributed by atoms with Crippen LogP contribution >= 0.6 is 0 Å². The van der Waals surface area contributed by atoms with Crippen LogP contribution in [0.15, 0.2) is 79.3 Å². The third-order valence-corrected chi connectivity index (χ3v) is 6.05. The number of fused-ring (bicyclic) bond motifs is 2. The standard InChI is InChI=1S/C28H24N8O/c1-36(2)16-26(37)31-18-12-17(14-29-15-18)21-9-10-24-27(33-21)28(35-34-24)25-13-20-19(6-5-8-23(20)32-25)22-7-3-4-11-30-22/h3-15,32H,16H2,1-2H3,(H,31,37)(H,34,35). The second-order valence-electron chi connectivity index (χ2n) is 9.08. The summed E-state index contributed by atoms with van der Waals surface area (Å²) in [6.45, 7) is 0.291. The van der Waals surface area contributed by atoms with E-state index in [1.807, 2.05) is 67.5 Å². The largest absolute Gasteiger partial charge is 0.353 e. The Morgan fingerprint density at radius 1 is 0.973 bits per heavy atom. The second kappa shape index (κ2) is 9.29. The van der Waals surface area contributed by atoms with Gasteiger partial charge in [0.1, 0.15) is 11.2 Å². The van der Waals surface area contributed by atoms with E-state index in [2.05, 4.69) is 42.6 Å². The smallest absolute Gasteiger partial charge is 0.238 e. The van der Waals surface area contributed by atoms with E-state index in [1.165, 1.54) is 0 Å². The van der Waals surface area contributed by atoms with Crippen molar-refractivity contribution >= 4 is 33.5 Å². The zero-order valence-corrected chi connectivity index (χ0v) is 20.4. The number of nitrogens with zero attached hydrogens (tertiary/aromatic N) is 5. The lowest BCUT2D eigenvalue weighted by molar-refractivity contribution is -0.116. The maximum Gasteiger partial charge on any atom is 0.238 e. The van der Waals surface area contributed by atoms with E-state index in [-0.39, 0.29) is 5.91 Å². The van der Waals surface area contributed by atoms with E-state index in [9.17, 15) is 4.79 Å². The van der Waals surface area contributed by atoms with E-state index in [0.29, 0.717) is 12.2 Å². The summed E-state index contributed by atoms with van der Waals surface area (Å²) in [5, 5.41) is 11.6. The SMILES string of the molecule is CN(C)CC(=O)Nc1cncc(-c2ccc3[nH]nc(-c4cc5c(-c6ccccn6)cccc5[nH]4)c3n2)c1. The molecule has 5 aromatic heterocycles. The lowest BCUT2D eigenvalue weighted by atomic mass is 10.1. The van der Waals surface area contributed by atoms with Crippen molar-refractivity contribution in [3.8, 4) is 33.9 Å². The van der Waals surface area contributed by atoms with Crippen LogP contribution < -0.4 is 5.32 Å². The van der Waals surface area contributed by atoms with Gasteiger partial charge < -0.3 is 15.2 Å². The first kappa shape index (κ1) is 22.6. The Balaban J connectivity index is 1.38. The lowest BCUT2D eigenvalue weighted by Crippen LogP contribution is -2.27. The highest BCUT2D eigenvalue weighted by atomic mass is 16.2. The van der Waals surface area contributed by atoms with Gasteiger partial charge in [-0.1, -0.05) is 18.2 Å². The molecular formula is C28H24N8O. The number of rotatable bonds is 6. The highest BCUT2D eigenvalue weighted by Gasteiger charge is 2.16. The maximum atomic E-state index is 12.2. The number of carbonyl (C=O) groups excluding carboxylic acids is 1. The van der Waals surface area contributed by atoms with Crippen molar-refractivity contribution < 1.29 is 4.79 Å². The number of carbonyl (C=O) groups is 1. The van der Waals surface area contributed by atoms with Crippen molar-refractivity contribution in [3.05, 3.63) is 79.3 Å². The van der Waals surface area contributed by atoms with E-state index in [4.69, 9.17) is 4.98 Å². The number of amides is 1. The molecule has 0 aliphatic carbocycles. The molecule has 0 aliphatic heterocycles. The fraction of sp³-hybridized carbons (Fsp3) is 0.107. The number of nitrogens with one attached hydrogen (secondary N) is 3. The van der Waals surface area contributed by atoms with Gasteiger partial charge in [-0.3, -0.25) is 19.9 Å². The van der Waals surface area contributed by atoms with Gasteiger partial charge in [0.15, 0.2) is 0 Å². The van der Waals surface area contributed by atoms with Gasteiger partial charge in [0.25, 0.3) is 0 Å². The van der Waals surface area contributed by atoms with Crippen LogP contribution in [-0.4, -0.2) is 61.6 Å². The van der Waals surface area contributed by atoms with Crippen LogP contribution in [0.2, 0.25) is 0 Å². The molecule has 1 amide bonds. The van der Waals surface area contributed by atoms with Gasteiger partial charge in [-0.15, -0.1) is 0 Å². The molecule has 0 saturated carbocycles. The van der Waals surface area contributed by atoms with Gasteiger partial charge in [0.05, 0.1) is 41.0 Å². The summed E-state index contributed by atoms with van der Waals surface area (Å²) in [4.78, 5) is 31.2. The molecule has 9 nitrogen and oxygen atoms in total. The lowest BCUT2D eigenvalue weighted by Gasteiger charge is -2.10. The number of anilines is 1. The Morgan fingerprint density at radius 2 is 1.89 bits per heavy atom. The minimum atomic E-state index is -0.103. The van der Waals surface area contributed by atoms with Gasteiger partial charge in [0.2, 0.25) is 5.91 Å². The zero-order valence-electron chi connectivity index (χ0n) is 20.4. The minimum Gasteiger partial charge on any atom is -0.353 e. The third-order valence-electron chi connectivity index (χ3n) is 6.05. The molecule has 1 aromatic carbocycles. The Bertz CT molecular complexity index is 1740. The Labute approximate surface area is 212 Å². The Kier molecular flexibility index (Phi) is 5.66. The van der Waals surface area contributed by atoms with Crippen LogP contribution in [0.25, 0.3) is 55.8 Å². The predicted molar refractivity (Wildman–Crippen MR) is 145 cm³/mol. The normalized spacial score (nSPS) is 11.4. The second-order valence-corrected chi connectivity index (χ2v) is 9.08. The van der Waals surface area contributed by atoms with Crippen LogP contribution in [0.5, 0.6) is 0 Å². The number of aromatic nitrogens is 6. The molecule has 0 radical (unpaired) electrons. The summed E-state index contributed by atoms with van der Waals surface area (Å²) in [5.74, 6) is -0.103. The van der Waals surface area contributed by atoms with Gasteiger partial charge in [0, 0.05) is 34.4 Å². The van der Waals surface area contributed by atoms with Crippen LogP contribution in [0, 0.1) is 0 Å². The monoisotopic (exact) mass is 488 g/mol. The van der Waals surface area contributed by atoms with Gasteiger partial charge in [-0.05, 0) is 56.6 Å². The molecule has 0 atom stereocenters. The number of hydrogen-bond donors (Lipinski definition) is 3. The van der Waals surface area contributed by atoms with Crippen LogP contribution in [0.4, 0.5) is 5.69 Å². The number of aromatic amines is 2. The van der Waals surface area contributed by atoms with Crippen LogP contribution in [0.1, 0.15) is 0 Å². The highest BCUT2D eigenvalue weighted by Crippen LogP contribution is 2.33.